The monoisotopic (exact) mass is 959 g/mol. The van der Waals surface area contributed by atoms with Crippen molar-refractivity contribution in [3.05, 3.63) is 130 Å². The summed E-state index contributed by atoms with van der Waals surface area (Å²) in [6, 6.07) is 22.4. The number of H-pyrrole nitrogens is 2. The number of carboxylic acid groups (broad SMARTS) is 1. The predicted octanol–water partition coefficient (Wildman–Crippen LogP) is 9.53. The van der Waals surface area contributed by atoms with Gasteiger partial charge in [0.1, 0.15) is 40.0 Å². The number of carbonyl (C=O) groups excluding carboxylic acids is 1. The minimum Gasteiger partial charge on any atom is -0.476 e. The standard InChI is InChI=1S/C28H27N5O4S.C22H14N4O4S/c1-16(2)10-19(13-34)30-28(35)25-24(18-7-9-38-14-18)32-27-20(4-3-8-33(25)27)26-29-12-21(31-26)17-5-6-22-23(11-17)37-15-36-22;27-22(28)19-18(13-5-7-31-10-13)25-21-14(2-1-6-26(19)21)20-23-9-15(24-20)12-3-4-16-17(8-12)30-11-29-16/h3-9,11-12,14,16,19,34H,10,13,15H2,1-2H3,(H,29,31)(H,30,35);1-10H,11H2,(H,23,24)(H,27,28)/t19-;/m0./s1. The van der Waals surface area contributed by atoms with E-state index in [2.05, 4.69) is 44.1 Å². The fourth-order valence-electron chi connectivity index (χ4n) is 8.47. The first-order valence-corrected chi connectivity index (χ1v) is 23.7. The molecular weight excluding hydrogens is 919 g/mol. The number of pyridine rings is 2. The molecule has 0 spiro atoms. The molecule has 17 nitrogen and oxygen atoms in total. The second kappa shape index (κ2) is 18.1. The summed E-state index contributed by atoms with van der Waals surface area (Å²) in [4.78, 5) is 51.1. The predicted molar refractivity (Wildman–Crippen MR) is 260 cm³/mol. The highest BCUT2D eigenvalue weighted by atomic mass is 32.1. The van der Waals surface area contributed by atoms with Crippen LogP contribution in [-0.4, -0.2) is 87.0 Å². The fraction of sp³-hybridized carbons (Fsp3) is 0.160. The third-order valence-electron chi connectivity index (χ3n) is 11.6. The number of imidazole rings is 4. The van der Waals surface area contributed by atoms with Crippen molar-refractivity contribution in [2.75, 3.05) is 20.2 Å². The summed E-state index contributed by atoms with van der Waals surface area (Å²) in [5, 5.41) is 30.4. The highest BCUT2D eigenvalue weighted by Crippen LogP contribution is 2.39. The highest BCUT2D eigenvalue weighted by molar-refractivity contribution is 7.08. The number of hydrogen-bond donors (Lipinski definition) is 5. The lowest BCUT2D eigenvalue weighted by Crippen LogP contribution is -2.39. The van der Waals surface area contributed by atoms with E-state index in [0.717, 1.165) is 45.0 Å². The van der Waals surface area contributed by atoms with E-state index in [1.807, 2.05) is 94.4 Å². The van der Waals surface area contributed by atoms with Gasteiger partial charge in [0.2, 0.25) is 13.6 Å². The highest BCUT2D eigenvalue weighted by Gasteiger charge is 2.27. The zero-order chi connectivity index (χ0) is 47.2. The molecule has 19 heteroatoms. The molecule has 0 fully saturated rings. The Morgan fingerprint density at radius 2 is 1.20 bits per heavy atom. The number of thiophene rings is 2. The Morgan fingerprint density at radius 3 is 1.68 bits per heavy atom. The van der Waals surface area contributed by atoms with Gasteiger partial charge in [-0.25, -0.2) is 24.7 Å². The van der Waals surface area contributed by atoms with Gasteiger partial charge in [-0.2, -0.15) is 22.7 Å². The van der Waals surface area contributed by atoms with Crippen LogP contribution in [0.3, 0.4) is 0 Å². The molecule has 0 aliphatic carbocycles. The van der Waals surface area contributed by atoms with Gasteiger partial charge in [0.05, 0.1) is 47.6 Å². The van der Waals surface area contributed by atoms with E-state index in [0.29, 0.717) is 75.2 Å². The van der Waals surface area contributed by atoms with E-state index < -0.39 is 5.97 Å². The lowest BCUT2D eigenvalue weighted by molar-refractivity contribution is 0.0690. The first-order chi connectivity index (χ1) is 33.7. The van der Waals surface area contributed by atoms with Crippen molar-refractivity contribution in [3.63, 3.8) is 0 Å². The van der Waals surface area contributed by atoms with Crippen LogP contribution in [0.1, 0.15) is 41.2 Å². The molecule has 0 radical (unpaired) electrons. The summed E-state index contributed by atoms with van der Waals surface area (Å²) in [5.74, 6) is 3.06. The molecule has 1 atom stereocenters. The first-order valence-electron chi connectivity index (χ1n) is 21.8. The van der Waals surface area contributed by atoms with E-state index in [9.17, 15) is 19.8 Å². The molecule has 5 N–H and O–H groups in total. The Balaban J connectivity index is 0.000000154. The molecule has 0 bridgehead atoms. The quantitative estimate of drug-likeness (QED) is 0.0774. The molecule has 2 aromatic carbocycles. The molecule has 10 heterocycles. The molecule has 0 unspecified atom stereocenters. The summed E-state index contributed by atoms with van der Waals surface area (Å²) in [7, 11) is 0. The summed E-state index contributed by atoms with van der Waals surface area (Å²) >= 11 is 3.04. The van der Waals surface area contributed by atoms with Gasteiger partial charge in [-0.1, -0.05) is 13.8 Å². The van der Waals surface area contributed by atoms with Crippen molar-refractivity contribution in [3.8, 4) is 90.8 Å². The largest absolute Gasteiger partial charge is 0.476 e. The Hall–Kier alpha value is -8.26. The van der Waals surface area contributed by atoms with Crippen LogP contribution < -0.4 is 24.3 Å². The normalized spacial score (nSPS) is 13.0. The zero-order valence-electron chi connectivity index (χ0n) is 36.9. The number of aromatic carboxylic acids is 1. The second-order valence-electron chi connectivity index (χ2n) is 16.6. The Labute approximate surface area is 400 Å². The third kappa shape index (κ3) is 8.21. The number of rotatable bonds is 12. The molecule has 12 rings (SSSR count). The molecule has 1 amide bonds. The van der Waals surface area contributed by atoms with Crippen molar-refractivity contribution >= 4 is 45.8 Å². The van der Waals surface area contributed by atoms with Gasteiger partial charge in [0.15, 0.2) is 28.7 Å². The minimum atomic E-state index is -1.04. The average molecular weight is 960 g/mol. The number of aromatic amines is 2. The van der Waals surface area contributed by atoms with Gasteiger partial charge in [-0.15, -0.1) is 0 Å². The lowest BCUT2D eigenvalue weighted by atomic mass is 10.0. The number of carbonyl (C=O) groups is 2. The summed E-state index contributed by atoms with van der Waals surface area (Å²) in [6.45, 7) is 4.43. The number of amides is 1. The van der Waals surface area contributed by atoms with E-state index in [1.54, 1.807) is 44.8 Å². The van der Waals surface area contributed by atoms with Gasteiger partial charge in [-0.05, 0) is 95.9 Å². The number of fused-ring (bicyclic) bond motifs is 4. The number of carboxylic acids is 1. The summed E-state index contributed by atoms with van der Waals surface area (Å²) in [5.41, 5.74) is 9.24. The first kappa shape index (κ1) is 43.3. The molecule has 69 heavy (non-hydrogen) atoms. The Morgan fingerprint density at radius 1 is 0.696 bits per heavy atom. The van der Waals surface area contributed by atoms with Gasteiger partial charge >= 0.3 is 5.97 Å². The van der Waals surface area contributed by atoms with Gasteiger partial charge in [0, 0.05) is 45.4 Å². The van der Waals surface area contributed by atoms with E-state index >= 15 is 0 Å². The number of nitrogens with one attached hydrogen (secondary N) is 3. The molecule has 0 saturated heterocycles. The van der Waals surface area contributed by atoms with Crippen LogP contribution in [0.4, 0.5) is 0 Å². The maximum atomic E-state index is 13.6. The molecular formula is C50H41N9O8S2. The topological polar surface area (TPSA) is 216 Å². The van der Waals surface area contributed by atoms with Crippen molar-refractivity contribution in [1.29, 1.82) is 0 Å². The van der Waals surface area contributed by atoms with Gasteiger partial charge in [-0.3, -0.25) is 13.6 Å². The van der Waals surface area contributed by atoms with Crippen molar-refractivity contribution in [1.82, 2.24) is 44.0 Å². The molecule has 2 aliphatic rings. The average Bonchev–Trinajstić information content (AvgIpc) is 4.21. The number of benzene rings is 2. The number of hydrogen-bond acceptors (Lipinski definition) is 13. The van der Waals surface area contributed by atoms with Crippen LogP contribution in [0.2, 0.25) is 0 Å². The van der Waals surface area contributed by atoms with Crippen LogP contribution >= 0.6 is 22.7 Å². The number of ether oxygens (including phenoxy) is 4. The van der Waals surface area contributed by atoms with E-state index in [4.69, 9.17) is 23.9 Å². The van der Waals surface area contributed by atoms with Crippen molar-refractivity contribution in [2.45, 2.75) is 26.3 Å². The van der Waals surface area contributed by atoms with E-state index in [-0.39, 0.29) is 37.8 Å². The SMILES string of the molecule is CC(C)C[C@@H](CO)NC(=O)c1c(-c2ccsc2)nc2c(-c3ncc(-c4ccc5c(c4)OCO5)[nH]3)cccn12.O=C(O)c1c(-c2ccsc2)nc2c(-c3ncc(-c4ccc5c(c4)OCO5)[nH]3)cccn12. The number of nitrogens with zero attached hydrogens (tertiary/aromatic N) is 6. The van der Waals surface area contributed by atoms with Crippen LogP contribution in [-0.2, 0) is 0 Å². The van der Waals surface area contributed by atoms with Crippen molar-refractivity contribution in [2.24, 2.45) is 5.92 Å². The van der Waals surface area contributed by atoms with Crippen LogP contribution in [0.15, 0.2) is 119 Å². The maximum absolute atomic E-state index is 13.6. The Kier molecular flexibility index (Phi) is 11.4. The van der Waals surface area contributed by atoms with Crippen LogP contribution in [0.25, 0.3) is 79.1 Å². The zero-order valence-corrected chi connectivity index (χ0v) is 38.5. The Bertz CT molecular complexity index is 3520. The van der Waals surface area contributed by atoms with Crippen LogP contribution in [0.5, 0.6) is 23.0 Å². The van der Waals surface area contributed by atoms with Gasteiger partial charge < -0.3 is 44.4 Å². The minimum absolute atomic E-state index is 0.123. The van der Waals surface area contributed by atoms with Crippen LogP contribution in [0, 0.1) is 5.92 Å². The number of aliphatic hydroxyl groups excluding tert-OH is 1. The molecule has 10 aromatic rings. The second-order valence-corrected chi connectivity index (χ2v) is 18.1. The van der Waals surface area contributed by atoms with E-state index in [1.165, 1.54) is 11.3 Å². The summed E-state index contributed by atoms with van der Waals surface area (Å²) < 4.78 is 25.2. The molecule has 0 saturated carbocycles. The molecule has 346 valence electrons. The third-order valence-corrected chi connectivity index (χ3v) is 13.0. The number of aromatic nitrogens is 8. The molecule has 8 aromatic heterocycles. The van der Waals surface area contributed by atoms with Gasteiger partial charge in [0.25, 0.3) is 5.91 Å². The van der Waals surface area contributed by atoms with Crippen molar-refractivity contribution < 1.29 is 38.7 Å². The summed E-state index contributed by atoms with van der Waals surface area (Å²) in [6.07, 6.45) is 7.70. The fourth-order valence-corrected chi connectivity index (χ4v) is 9.75. The molecule has 2 aliphatic heterocycles. The number of aliphatic hydroxyl groups is 1. The lowest BCUT2D eigenvalue weighted by Gasteiger charge is -2.18. The smallest absolute Gasteiger partial charge is 0.355 e. The maximum Gasteiger partial charge on any atom is 0.355 e.